The molecule has 1 aliphatic carbocycles. The Kier molecular flexibility index (Phi) is 8.02. The molecule has 0 aromatic rings. The minimum atomic E-state index is 0.659. The van der Waals surface area contributed by atoms with Gasteiger partial charge in [-0.1, -0.05) is 85.0 Å². The Labute approximate surface area is 116 Å². The zero-order chi connectivity index (χ0) is 13.3. The maximum Gasteiger partial charge on any atom is -0.0326 e. The molecule has 0 amide bonds. The van der Waals surface area contributed by atoms with E-state index in [0.29, 0.717) is 5.41 Å². The van der Waals surface area contributed by atoms with Crippen molar-refractivity contribution in [3.05, 3.63) is 0 Å². The van der Waals surface area contributed by atoms with Crippen molar-refractivity contribution in [3.63, 3.8) is 0 Å². The SMILES string of the molecule is CCCC1(C)CCCCCCCC(C)CCCC1. The molecule has 0 saturated heterocycles. The summed E-state index contributed by atoms with van der Waals surface area (Å²) in [5.74, 6) is 0.975. The summed E-state index contributed by atoms with van der Waals surface area (Å²) in [7, 11) is 0. The molecule has 1 saturated carbocycles. The van der Waals surface area contributed by atoms with Crippen LogP contribution in [0.4, 0.5) is 0 Å². The van der Waals surface area contributed by atoms with Gasteiger partial charge in [0.1, 0.15) is 0 Å². The van der Waals surface area contributed by atoms with Crippen LogP contribution in [0.3, 0.4) is 0 Å². The highest BCUT2D eigenvalue weighted by atomic mass is 14.3. The van der Waals surface area contributed by atoms with Gasteiger partial charge >= 0.3 is 0 Å². The van der Waals surface area contributed by atoms with Gasteiger partial charge in [0.2, 0.25) is 0 Å². The summed E-state index contributed by atoms with van der Waals surface area (Å²) < 4.78 is 0. The van der Waals surface area contributed by atoms with Crippen molar-refractivity contribution in [1.29, 1.82) is 0 Å². The van der Waals surface area contributed by atoms with Crippen molar-refractivity contribution >= 4 is 0 Å². The molecule has 0 aromatic heterocycles. The van der Waals surface area contributed by atoms with Crippen molar-refractivity contribution in [2.45, 2.75) is 104 Å². The van der Waals surface area contributed by atoms with Gasteiger partial charge < -0.3 is 0 Å². The van der Waals surface area contributed by atoms with Gasteiger partial charge in [0.25, 0.3) is 0 Å². The lowest BCUT2D eigenvalue weighted by Gasteiger charge is -2.29. The average molecular weight is 252 g/mol. The maximum atomic E-state index is 2.56. The predicted molar refractivity (Wildman–Crippen MR) is 83.0 cm³/mol. The van der Waals surface area contributed by atoms with Crippen LogP contribution in [0.5, 0.6) is 0 Å². The van der Waals surface area contributed by atoms with E-state index in [9.17, 15) is 0 Å². The Morgan fingerprint density at radius 2 is 1.33 bits per heavy atom. The van der Waals surface area contributed by atoms with Crippen LogP contribution in [0.25, 0.3) is 0 Å². The molecule has 0 radical (unpaired) electrons. The van der Waals surface area contributed by atoms with Crippen LogP contribution in [0, 0.1) is 11.3 Å². The second-order valence-electron chi connectivity index (χ2n) is 7.22. The molecule has 1 aliphatic rings. The fraction of sp³-hybridized carbons (Fsp3) is 1.00. The van der Waals surface area contributed by atoms with Gasteiger partial charge in [-0.15, -0.1) is 0 Å². The van der Waals surface area contributed by atoms with E-state index in [2.05, 4.69) is 20.8 Å². The van der Waals surface area contributed by atoms with Crippen LogP contribution in [0.1, 0.15) is 104 Å². The third-order valence-corrected chi connectivity index (χ3v) is 5.06. The lowest BCUT2D eigenvalue weighted by Crippen LogP contribution is -2.16. The smallest absolute Gasteiger partial charge is 0.0326 e. The quantitative estimate of drug-likeness (QED) is 0.511. The third-order valence-electron chi connectivity index (χ3n) is 5.06. The van der Waals surface area contributed by atoms with E-state index in [4.69, 9.17) is 0 Å². The monoisotopic (exact) mass is 252 g/mol. The summed E-state index contributed by atoms with van der Waals surface area (Å²) in [6.45, 7) is 7.37. The first-order chi connectivity index (χ1) is 8.66. The Balaban J connectivity index is 2.42. The molecule has 2 unspecified atom stereocenters. The summed E-state index contributed by atoms with van der Waals surface area (Å²) in [6, 6.07) is 0. The molecule has 0 heterocycles. The Bertz CT molecular complexity index is 196. The van der Waals surface area contributed by atoms with Gasteiger partial charge in [0.15, 0.2) is 0 Å². The van der Waals surface area contributed by atoms with Crippen molar-refractivity contribution in [2.24, 2.45) is 11.3 Å². The molecule has 108 valence electrons. The van der Waals surface area contributed by atoms with Crippen LogP contribution in [-0.2, 0) is 0 Å². The number of hydrogen-bond donors (Lipinski definition) is 0. The van der Waals surface area contributed by atoms with Crippen molar-refractivity contribution in [3.8, 4) is 0 Å². The molecule has 0 heteroatoms. The largest absolute Gasteiger partial charge is 0.0654 e. The van der Waals surface area contributed by atoms with Crippen molar-refractivity contribution in [1.82, 2.24) is 0 Å². The zero-order valence-corrected chi connectivity index (χ0v) is 13.3. The van der Waals surface area contributed by atoms with Gasteiger partial charge in [0, 0.05) is 0 Å². The summed E-state index contributed by atoms with van der Waals surface area (Å²) in [5, 5.41) is 0. The topological polar surface area (TPSA) is 0 Å². The molecule has 0 bridgehead atoms. The van der Waals surface area contributed by atoms with E-state index in [-0.39, 0.29) is 0 Å². The molecule has 0 aliphatic heterocycles. The Morgan fingerprint density at radius 3 is 2.00 bits per heavy atom. The predicted octanol–water partition coefficient (Wildman–Crippen LogP) is 6.73. The normalized spacial score (nSPS) is 33.2. The molecule has 18 heavy (non-hydrogen) atoms. The highest BCUT2D eigenvalue weighted by molar-refractivity contribution is 4.74. The molecule has 0 N–H and O–H groups in total. The van der Waals surface area contributed by atoms with Crippen molar-refractivity contribution < 1.29 is 0 Å². The lowest BCUT2D eigenvalue weighted by atomic mass is 9.76. The fourth-order valence-electron chi connectivity index (χ4n) is 3.74. The second-order valence-corrected chi connectivity index (χ2v) is 7.22. The minimum Gasteiger partial charge on any atom is -0.0654 e. The van der Waals surface area contributed by atoms with E-state index in [1.54, 1.807) is 0 Å². The van der Waals surface area contributed by atoms with Gasteiger partial charge in [0.05, 0.1) is 0 Å². The van der Waals surface area contributed by atoms with E-state index < -0.39 is 0 Å². The van der Waals surface area contributed by atoms with Crippen LogP contribution < -0.4 is 0 Å². The Hall–Kier alpha value is 0. The van der Waals surface area contributed by atoms with E-state index in [0.717, 1.165) is 5.92 Å². The minimum absolute atomic E-state index is 0.659. The van der Waals surface area contributed by atoms with Crippen LogP contribution in [0.2, 0.25) is 0 Å². The summed E-state index contributed by atoms with van der Waals surface area (Å²) in [4.78, 5) is 0. The second kappa shape index (κ2) is 8.99. The van der Waals surface area contributed by atoms with Crippen LogP contribution in [-0.4, -0.2) is 0 Å². The van der Waals surface area contributed by atoms with E-state index in [1.807, 2.05) is 0 Å². The highest BCUT2D eigenvalue weighted by Crippen LogP contribution is 2.36. The lowest BCUT2D eigenvalue weighted by molar-refractivity contribution is 0.228. The Morgan fingerprint density at radius 1 is 0.833 bits per heavy atom. The van der Waals surface area contributed by atoms with E-state index in [1.165, 1.54) is 83.5 Å². The summed E-state index contributed by atoms with van der Waals surface area (Å²) in [6.07, 6.45) is 19.1. The molecular weight excluding hydrogens is 216 g/mol. The van der Waals surface area contributed by atoms with Crippen LogP contribution >= 0.6 is 0 Å². The average Bonchev–Trinajstić information content (AvgIpc) is 2.34. The fourth-order valence-corrected chi connectivity index (χ4v) is 3.74. The van der Waals surface area contributed by atoms with Gasteiger partial charge in [-0.3, -0.25) is 0 Å². The number of rotatable bonds is 2. The maximum absolute atomic E-state index is 2.56. The molecule has 2 atom stereocenters. The number of hydrogen-bond acceptors (Lipinski definition) is 0. The van der Waals surface area contributed by atoms with Gasteiger partial charge in [-0.05, 0) is 30.6 Å². The molecular formula is C18H36. The van der Waals surface area contributed by atoms with Gasteiger partial charge in [-0.2, -0.15) is 0 Å². The highest BCUT2D eigenvalue weighted by Gasteiger charge is 2.22. The molecule has 0 nitrogen and oxygen atoms in total. The molecule has 0 aromatic carbocycles. The standard InChI is InChI=1S/C18H36/c1-4-14-18(3)15-10-7-5-6-8-12-17(2)13-9-11-16-18/h17H,4-16H2,1-3H3. The summed E-state index contributed by atoms with van der Waals surface area (Å²) >= 11 is 0. The first-order valence-corrected chi connectivity index (χ1v) is 8.66. The van der Waals surface area contributed by atoms with E-state index >= 15 is 0 Å². The summed E-state index contributed by atoms with van der Waals surface area (Å²) in [5.41, 5.74) is 0.659. The van der Waals surface area contributed by atoms with Crippen molar-refractivity contribution in [2.75, 3.05) is 0 Å². The molecule has 1 rings (SSSR count). The van der Waals surface area contributed by atoms with Gasteiger partial charge in [-0.25, -0.2) is 0 Å². The first-order valence-electron chi connectivity index (χ1n) is 8.66. The zero-order valence-electron chi connectivity index (χ0n) is 13.3. The molecule has 1 fully saturated rings. The first kappa shape index (κ1) is 16.1. The molecule has 0 spiro atoms. The van der Waals surface area contributed by atoms with Crippen LogP contribution in [0.15, 0.2) is 0 Å². The third kappa shape index (κ3) is 6.81.